The smallest absolute Gasteiger partial charge is 0.0565 e. The van der Waals surface area contributed by atoms with Gasteiger partial charge in [0, 0.05) is 12.1 Å². The first-order valence-corrected chi connectivity index (χ1v) is 6.61. The molecule has 1 aliphatic rings. The van der Waals surface area contributed by atoms with Crippen LogP contribution in [0.5, 0.6) is 0 Å². The van der Waals surface area contributed by atoms with Gasteiger partial charge in [0.05, 0.1) is 12.2 Å². The molecule has 2 rings (SSSR count). The van der Waals surface area contributed by atoms with Crippen LogP contribution in [0.3, 0.4) is 0 Å². The average molecular weight is 233 g/mol. The number of benzene rings is 1. The quantitative estimate of drug-likeness (QED) is 0.865. The maximum Gasteiger partial charge on any atom is 0.0565 e. The van der Waals surface area contributed by atoms with E-state index in [1.54, 1.807) is 0 Å². The van der Waals surface area contributed by atoms with Gasteiger partial charge in [0.25, 0.3) is 0 Å². The maximum absolute atomic E-state index is 5.76. The second-order valence-electron chi connectivity index (χ2n) is 5.22. The second kappa shape index (κ2) is 5.65. The molecule has 0 aromatic heterocycles. The highest BCUT2D eigenvalue weighted by Crippen LogP contribution is 2.22. The van der Waals surface area contributed by atoms with E-state index in [4.69, 9.17) is 4.74 Å². The van der Waals surface area contributed by atoms with E-state index in [2.05, 4.69) is 56.4 Å². The summed E-state index contributed by atoms with van der Waals surface area (Å²) in [5.41, 5.74) is 1.36. The molecule has 0 spiro atoms. The molecule has 94 valence electrons. The number of hydrogen-bond donors (Lipinski definition) is 1. The molecule has 0 aliphatic carbocycles. The molecule has 17 heavy (non-hydrogen) atoms. The predicted octanol–water partition coefficient (Wildman–Crippen LogP) is 3.29. The Balaban J connectivity index is 1.92. The molecule has 1 fully saturated rings. The SMILES string of the molecule is CC1CC(NC(C)c2ccccc2)CC(C)O1. The van der Waals surface area contributed by atoms with Crippen molar-refractivity contribution < 1.29 is 4.74 Å². The number of ether oxygens (including phenoxy) is 1. The zero-order chi connectivity index (χ0) is 12.3. The van der Waals surface area contributed by atoms with E-state index < -0.39 is 0 Å². The first-order chi connectivity index (χ1) is 8.15. The summed E-state index contributed by atoms with van der Waals surface area (Å²) in [6.45, 7) is 6.56. The van der Waals surface area contributed by atoms with Gasteiger partial charge in [-0.1, -0.05) is 30.3 Å². The minimum atomic E-state index is 0.374. The van der Waals surface area contributed by atoms with Crippen LogP contribution in [0.25, 0.3) is 0 Å². The standard InChI is InChI=1S/C15H23NO/c1-11-9-15(10-12(2)17-11)16-13(3)14-7-5-4-6-8-14/h4-8,11-13,15-16H,9-10H2,1-3H3. The fraction of sp³-hybridized carbons (Fsp3) is 0.600. The number of nitrogens with one attached hydrogen (secondary N) is 1. The zero-order valence-electron chi connectivity index (χ0n) is 11.0. The van der Waals surface area contributed by atoms with Gasteiger partial charge in [0.15, 0.2) is 0 Å². The molecule has 2 heteroatoms. The van der Waals surface area contributed by atoms with Crippen molar-refractivity contribution in [2.24, 2.45) is 0 Å². The molecule has 3 atom stereocenters. The van der Waals surface area contributed by atoms with Gasteiger partial charge in [-0.3, -0.25) is 0 Å². The lowest BCUT2D eigenvalue weighted by atomic mass is 9.98. The number of rotatable bonds is 3. The van der Waals surface area contributed by atoms with Crippen LogP contribution in [-0.4, -0.2) is 18.2 Å². The van der Waals surface area contributed by atoms with Crippen molar-refractivity contribution in [3.63, 3.8) is 0 Å². The van der Waals surface area contributed by atoms with E-state index in [0.29, 0.717) is 24.3 Å². The van der Waals surface area contributed by atoms with Crippen LogP contribution in [0.4, 0.5) is 0 Å². The molecule has 1 heterocycles. The van der Waals surface area contributed by atoms with Crippen molar-refractivity contribution in [3.8, 4) is 0 Å². The number of hydrogen-bond acceptors (Lipinski definition) is 2. The zero-order valence-corrected chi connectivity index (χ0v) is 11.0. The van der Waals surface area contributed by atoms with E-state index in [-0.39, 0.29) is 0 Å². The lowest BCUT2D eigenvalue weighted by Gasteiger charge is -2.34. The second-order valence-corrected chi connectivity index (χ2v) is 5.22. The Morgan fingerprint density at radius 3 is 2.29 bits per heavy atom. The van der Waals surface area contributed by atoms with E-state index in [9.17, 15) is 0 Å². The molecule has 2 nitrogen and oxygen atoms in total. The highest BCUT2D eigenvalue weighted by atomic mass is 16.5. The van der Waals surface area contributed by atoms with Gasteiger partial charge in [-0.2, -0.15) is 0 Å². The van der Waals surface area contributed by atoms with Crippen LogP contribution in [0, 0.1) is 0 Å². The average Bonchev–Trinajstić information content (AvgIpc) is 2.28. The van der Waals surface area contributed by atoms with Crippen molar-refractivity contribution >= 4 is 0 Å². The van der Waals surface area contributed by atoms with Crippen LogP contribution < -0.4 is 5.32 Å². The maximum atomic E-state index is 5.76. The summed E-state index contributed by atoms with van der Waals surface area (Å²) in [5.74, 6) is 0. The van der Waals surface area contributed by atoms with Gasteiger partial charge < -0.3 is 10.1 Å². The lowest BCUT2D eigenvalue weighted by molar-refractivity contribution is -0.0433. The van der Waals surface area contributed by atoms with Crippen LogP contribution >= 0.6 is 0 Å². The first-order valence-electron chi connectivity index (χ1n) is 6.61. The van der Waals surface area contributed by atoms with Crippen molar-refractivity contribution in [2.75, 3.05) is 0 Å². The van der Waals surface area contributed by atoms with Gasteiger partial charge in [-0.05, 0) is 39.2 Å². The third kappa shape index (κ3) is 3.55. The molecule has 1 saturated heterocycles. The summed E-state index contributed by atoms with van der Waals surface area (Å²) >= 11 is 0. The molecular weight excluding hydrogens is 210 g/mol. The normalized spacial score (nSPS) is 31.1. The predicted molar refractivity (Wildman–Crippen MR) is 71.0 cm³/mol. The lowest BCUT2D eigenvalue weighted by Crippen LogP contribution is -2.42. The fourth-order valence-corrected chi connectivity index (χ4v) is 2.73. The Labute approximate surface area is 104 Å². The Kier molecular flexibility index (Phi) is 4.19. The van der Waals surface area contributed by atoms with Crippen molar-refractivity contribution in [1.29, 1.82) is 0 Å². The minimum absolute atomic E-state index is 0.374. The van der Waals surface area contributed by atoms with E-state index in [1.807, 2.05) is 0 Å². The first kappa shape index (κ1) is 12.6. The Morgan fingerprint density at radius 1 is 1.12 bits per heavy atom. The topological polar surface area (TPSA) is 21.3 Å². The van der Waals surface area contributed by atoms with E-state index in [1.165, 1.54) is 5.56 Å². The van der Waals surface area contributed by atoms with Crippen LogP contribution in [0.1, 0.15) is 45.2 Å². The minimum Gasteiger partial charge on any atom is -0.375 e. The van der Waals surface area contributed by atoms with Gasteiger partial charge in [0.2, 0.25) is 0 Å². The molecule has 0 saturated carbocycles. The van der Waals surface area contributed by atoms with Gasteiger partial charge in [0.1, 0.15) is 0 Å². The van der Waals surface area contributed by atoms with Crippen molar-refractivity contribution in [2.45, 2.75) is 57.9 Å². The Bertz CT molecular complexity index is 328. The highest BCUT2D eigenvalue weighted by molar-refractivity contribution is 5.18. The summed E-state index contributed by atoms with van der Waals surface area (Å²) in [7, 11) is 0. The van der Waals surface area contributed by atoms with Crippen molar-refractivity contribution in [1.82, 2.24) is 5.32 Å². The molecule has 0 amide bonds. The molecule has 0 bridgehead atoms. The molecule has 1 aromatic rings. The molecule has 3 unspecified atom stereocenters. The van der Waals surface area contributed by atoms with Gasteiger partial charge in [-0.15, -0.1) is 0 Å². The van der Waals surface area contributed by atoms with Gasteiger partial charge in [-0.25, -0.2) is 0 Å². The van der Waals surface area contributed by atoms with E-state index in [0.717, 1.165) is 12.8 Å². The van der Waals surface area contributed by atoms with Crippen LogP contribution in [0.15, 0.2) is 30.3 Å². The fourth-order valence-electron chi connectivity index (χ4n) is 2.73. The third-order valence-electron chi connectivity index (χ3n) is 3.48. The monoisotopic (exact) mass is 233 g/mol. The van der Waals surface area contributed by atoms with Gasteiger partial charge >= 0.3 is 0 Å². The summed E-state index contributed by atoms with van der Waals surface area (Å²) in [6, 6.07) is 11.6. The summed E-state index contributed by atoms with van der Waals surface area (Å²) < 4.78 is 5.76. The summed E-state index contributed by atoms with van der Waals surface area (Å²) in [6.07, 6.45) is 2.97. The third-order valence-corrected chi connectivity index (χ3v) is 3.48. The highest BCUT2D eigenvalue weighted by Gasteiger charge is 2.25. The van der Waals surface area contributed by atoms with Crippen molar-refractivity contribution in [3.05, 3.63) is 35.9 Å². The molecule has 1 aromatic carbocycles. The summed E-state index contributed by atoms with van der Waals surface area (Å²) in [5, 5.41) is 3.72. The Hall–Kier alpha value is -0.860. The molecule has 1 aliphatic heterocycles. The molecule has 1 N–H and O–H groups in total. The molecular formula is C15H23NO. The van der Waals surface area contributed by atoms with E-state index >= 15 is 0 Å². The largest absolute Gasteiger partial charge is 0.375 e. The molecule has 0 radical (unpaired) electrons. The summed E-state index contributed by atoms with van der Waals surface area (Å²) in [4.78, 5) is 0. The van der Waals surface area contributed by atoms with Crippen LogP contribution in [0.2, 0.25) is 0 Å². The van der Waals surface area contributed by atoms with Crippen LogP contribution in [-0.2, 0) is 4.74 Å². The Morgan fingerprint density at radius 2 is 1.71 bits per heavy atom.